The van der Waals surface area contributed by atoms with Gasteiger partial charge in [0.2, 0.25) is 0 Å². The molecule has 14 heavy (non-hydrogen) atoms. The summed E-state index contributed by atoms with van der Waals surface area (Å²) >= 11 is 0. The van der Waals surface area contributed by atoms with Crippen molar-refractivity contribution in [2.24, 2.45) is 0 Å². The van der Waals surface area contributed by atoms with Crippen molar-refractivity contribution in [1.82, 2.24) is 0 Å². The monoisotopic (exact) mass is 226 g/mol. The van der Waals surface area contributed by atoms with Gasteiger partial charge in [0.1, 0.15) is 0 Å². The van der Waals surface area contributed by atoms with Crippen LogP contribution in [0.15, 0.2) is 0 Å². The highest BCUT2D eigenvalue weighted by Gasteiger charge is 2.40. The molecule has 2 unspecified atom stereocenters. The first kappa shape index (κ1) is 13.1. The molecule has 0 spiro atoms. The van der Waals surface area contributed by atoms with Gasteiger partial charge in [0, 0.05) is 7.11 Å². The number of ether oxygens (including phenoxy) is 1. The summed E-state index contributed by atoms with van der Waals surface area (Å²) < 4.78 is 19.5. The summed E-state index contributed by atoms with van der Waals surface area (Å²) in [5.74, 6) is -2.47. The average molecular weight is 226 g/mol. The highest BCUT2D eigenvalue weighted by atomic mass is 31.2. The summed E-state index contributed by atoms with van der Waals surface area (Å²) in [6.07, 6.45) is -0.811. The smallest absolute Gasteiger partial charge is 0.342 e. The quantitative estimate of drug-likeness (QED) is 0.494. The molecular formula is C6H11O7P. The number of carboxylic acid groups (broad SMARTS) is 1. The van der Waals surface area contributed by atoms with Gasteiger partial charge < -0.3 is 19.3 Å². The topological polar surface area (TPSA) is 110 Å². The minimum absolute atomic E-state index is 0.811. The van der Waals surface area contributed by atoms with Crippen molar-refractivity contribution in [2.45, 2.75) is 12.1 Å². The van der Waals surface area contributed by atoms with E-state index in [-0.39, 0.29) is 0 Å². The molecule has 0 radical (unpaired) electrons. The van der Waals surface area contributed by atoms with E-state index in [1.807, 2.05) is 0 Å². The second kappa shape index (κ2) is 5.09. The number of esters is 1. The Balaban J connectivity index is 4.81. The Morgan fingerprint density at radius 3 is 2.21 bits per heavy atom. The first-order valence-electron chi connectivity index (χ1n) is 3.53. The van der Waals surface area contributed by atoms with Gasteiger partial charge in [-0.2, -0.15) is 0 Å². The van der Waals surface area contributed by atoms with Crippen LogP contribution in [-0.4, -0.2) is 41.8 Å². The minimum atomic E-state index is -4.27. The number of rotatable bonds is 5. The van der Waals surface area contributed by atoms with Crippen LogP contribution in [-0.2, 0) is 23.4 Å². The number of hydrogen-bond donors (Lipinski definition) is 2. The number of aliphatic carboxylic acids is 1. The number of carboxylic acids is 1. The fourth-order valence-electron chi connectivity index (χ4n) is 0.761. The van der Waals surface area contributed by atoms with Crippen LogP contribution in [0, 0.1) is 0 Å². The summed E-state index contributed by atoms with van der Waals surface area (Å²) in [5.41, 5.74) is -1.69. The van der Waals surface area contributed by atoms with Gasteiger partial charge in [0.25, 0.3) is 0 Å². The molecule has 0 aromatic heterocycles. The third kappa shape index (κ3) is 3.45. The first-order chi connectivity index (χ1) is 6.35. The van der Waals surface area contributed by atoms with E-state index in [2.05, 4.69) is 9.26 Å². The van der Waals surface area contributed by atoms with Crippen LogP contribution in [0.5, 0.6) is 0 Å². The maximum Gasteiger partial charge on any atom is 0.342 e. The van der Waals surface area contributed by atoms with Gasteiger partial charge in [-0.1, -0.05) is 0 Å². The molecule has 0 saturated heterocycles. The minimum Gasteiger partial charge on any atom is -0.481 e. The largest absolute Gasteiger partial charge is 0.481 e. The predicted molar refractivity (Wildman–Crippen MR) is 44.9 cm³/mol. The van der Waals surface area contributed by atoms with Crippen molar-refractivity contribution >= 4 is 19.5 Å². The van der Waals surface area contributed by atoms with Gasteiger partial charge in [-0.25, -0.2) is 0 Å². The molecule has 0 rings (SSSR count). The van der Waals surface area contributed by atoms with Crippen molar-refractivity contribution in [3.05, 3.63) is 0 Å². The average Bonchev–Trinajstić information content (AvgIpc) is 2.12. The molecule has 8 heteroatoms. The predicted octanol–water partition coefficient (Wildman–Crippen LogP) is -0.165. The van der Waals surface area contributed by atoms with Crippen molar-refractivity contribution in [2.75, 3.05) is 14.2 Å². The number of methoxy groups -OCH3 is 1. The first-order valence-corrected chi connectivity index (χ1v) is 5.17. The summed E-state index contributed by atoms with van der Waals surface area (Å²) in [5, 5.41) is 8.39. The normalized spacial score (nSPS) is 16.8. The van der Waals surface area contributed by atoms with Gasteiger partial charge in [0.15, 0.2) is 5.66 Å². The highest BCUT2D eigenvalue weighted by Crippen LogP contribution is 2.48. The maximum atomic E-state index is 11.2. The van der Waals surface area contributed by atoms with E-state index in [1.54, 1.807) is 0 Å². The molecule has 0 amide bonds. The van der Waals surface area contributed by atoms with E-state index >= 15 is 0 Å². The zero-order chi connectivity index (χ0) is 11.4. The lowest BCUT2D eigenvalue weighted by molar-refractivity contribution is -0.145. The molecule has 0 aliphatic heterocycles. The SMILES string of the molecule is COC(=O)C(CC(=O)O)P(=O)(O)OC. The number of carbonyl (C=O) groups excluding carboxylic acids is 1. The Bertz CT molecular complexity index is 273. The zero-order valence-electron chi connectivity index (χ0n) is 7.67. The molecule has 0 aliphatic carbocycles. The molecule has 7 nitrogen and oxygen atoms in total. The van der Waals surface area contributed by atoms with Crippen LogP contribution >= 0.6 is 7.60 Å². The summed E-state index contributed by atoms with van der Waals surface area (Å²) in [7, 11) is -2.36. The number of hydrogen-bond acceptors (Lipinski definition) is 5. The van der Waals surface area contributed by atoms with Gasteiger partial charge in [-0.3, -0.25) is 14.2 Å². The Kier molecular flexibility index (Phi) is 4.76. The van der Waals surface area contributed by atoms with Crippen LogP contribution in [0.2, 0.25) is 0 Å². The maximum absolute atomic E-state index is 11.2. The van der Waals surface area contributed by atoms with Crippen LogP contribution < -0.4 is 0 Å². The molecule has 0 aromatic rings. The van der Waals surface area contributed by atoms with E-state index in [9.17, 15) is 14.2 Å². The van der Waals surface area contributed by atoms with Crippen LogP contribution in [0.4, 0.5) is 0 Å². The third-order valence-electron chi connectivity index (χ3n) is 1.50. The van der Waals surface area contributed by atoms with Crippen LogP contribution in [0.25, 0.3) is 0 Å². The van der Waals surface area contributed by atoms with E-state index in [0.717, 1.165) is 14.2 Å². The van der Waals surface area contributed by atoms with Gasteiger partial charge in [-0.15, -0.1) is 0 Å². The lowest BCUT2D eigenvalue weighted by Gasteiger charge is -2.16. The molecule has 82 valence electrons. The Hall–Kier alpha value is -0.910. The van der Waals surface area contributed by atoms with Crippen LogP contribution in [0.3, 0.4) is 0 Å². The van der Waals surface area contributed by atoms with E-state index < -0.39 is 31.6 Å². The molecule has 0 aliphatic rings. The van der Waals surface area contributed by atoms with Gasteiger partial charge in [0.05, 0.1) is 13.5 Å². The van der Waals surface area contributed by atoms with Crippen molar-refractivity contribution in [3.63, 3.8) is 0 Å². The molecular weight excluding hydrogens is 215 g/mol. The standard InChI is InChI=1S/C6H11O7P/c1-12-6(9)4(3-5(7)8)14(10,11)13-2/h4H,3H2,1-2H3,(H,7,8)(H,10,11). The molecule has 0 fully saturated rings. The Morgan fingerprint density at radius 2 is 1.93 bits per heavy atom. The van der Waals surface area contributed by atoms with Crippen LogP contribution in [0.1, 0.15) is 6.42 Å². The molecule has 2 atom stereocenters. The molecule has 2 N–H and O–H groups in total. The lowest BCUT2D eigenvalue weighted by Crippen LogP contribution is -2.26. The summed E-state index contributed by atoms with van der Waals surface area (Å²) in [6, 6.07) is 0. The molecule has 0 bridgehead atoms. The summed E-state index contributed by atoms with van der Waals surface area (Å²) in [4.78, 5) is 30.4. The highest BCUT2D eigenvalue weighted by molar-refractivity contribution is 7.54. The summed E-state index contributed by atoms with van der Waals surface area (Å²) in [6.45, 7) is 0. The van der Waals surface area contributed by atoms with E-state index in [0.29, 0.717) is 0 Å². The Morgan fingerprint density at radius 1 is 1.43 bits per heavy atom. The molecule has 0 aromatic carbocycles. The zero-order valence-corrected chi connectivity index (χ0v) is 8.56. The van der Waals surface area contributed by atoms with Crippen molar-refractivity contribution in [3.8, 4) is 0 Å². The third-order valence-corrected chi connectivity index (χ3v) is 3.20. The van der Waals surface area contributed by atoms with Crippen molar-refractivity contribution in [1.29, 1.82) is 0 Å². The van der Waals surface area contributed by atoms with E-state index in [4.69, 9.17) is 10.00 Å². The molecule has 0 heterocycles. The second-order valence-electron chi connectivity index (χ2n) is 2.38. The lowest BCUT2D eigenvalue weighted by atomic mass is 10.3. The van der Waals surface area contributed by atoms with Gasteiger partial charge in [-0.05, 0) is 0 Å². The fraction of sp³-hybridized carbons (Fsp3) is 0.667. The van der Waals surface area contributed by atoms with Crippen molar-refractivity contribution < 1.29 is 33.4 Å². The van der Waals surface area contributed by atoms with E-state index in [1.165, 1.54) is 0 Å². The van der Waals surface area contributed by atoms with Gasteiger partial charge >= 0.3 is 19.5 Å². The number of carbonyl (C=O) groups is 2. The fourth-order valence-corrected chi connectivity index (χ4v) is 1.77. The second-order valence-corrected chi connectivity index (χ2v) is 4.50. The molecule has 0 saturated carbocycles. The Labute approximate surface area is 80.2 Å².